The van der Waals surface area contributed by atoms with Gasteiger partial charge in [0.2, 0.25) is 5.91 Å². The molecule has 0 aromatic heterocycles. The normalized spacial score (nSPS) is 26.9. The van der Waals surface area contributed by atoms with Crippen LogP contribution < -0.4 is 5.32 Å². The van der Waals surface area contributed by atoms with Gasteiger partial charge in [0.05, 0.1) is 32.4 Å². The van der Waals surface area contributed by atoms with E-state index in [1.54, 1.807) is 30.3 Å². The summed E-state index contributed by atoms with van der Waals surface area (Å²) in [6, 6.07) is 12.3. The van der Waals surface area contributed by atoms with E-state index in [0.717, 1.165) is 17.7 Å². The van der Waals surface area contributed by atoms with Crippen molar-refractivity contribution in [1.29, 1.82) is 0 Å². The lowest BCUT2D eigenvalue weighted by Crippen LogP contribution is -2.43. The summed E-state index contributed by atoms with van der Waals surface area (Å²) >= 11 is 12.4. The fraction of sp³-hybridized carbons (Fsp3) is 0.400. The smallest absolute Gasteiger partial charge is 0.324 e. The van der Waals surface area contributed by atoms with Gasteiger partial charge < -0.3 is 10.2 Å². The number of hydrogen-bond acceptors (Lipinski definition) is 4. The number of carbonyl (C=O) groups excluding carboxylic acids is 2. The van der Waals surface area contributed by atoms with Crippen LogP contribution in [0.15, 0.2) is 47.6 Å². The highest BCUT2D eigenvalue weighted by atomic mass is 35.5. The third kappa shape index (κ3) is 3.34. The van der Waals surface area contributed by atoms with Gasteiger partial charge in [-0.25, -0.2) is 4.79 Å². The number of carbonyl (C=O) groups is 2. The molecule has 2 aromatic carbocycles. The summed E-state index contributed by atoms with van der Waals surface area (Å²) in [7, 11) is 0. The molecule has 2 aromatic rings. The van der Waals surface area contributed by atoms with E-state index >= 15 is 0 Å². The van der Waals surface area contributed by atoms with Gasteiger partial charge in [0.15, 0.2) is 0 Å². The fourth-order valence-corrected chi connectivity index (χ4v) is 5.55. The Morgan fingerprint density at radius 1 is 1.03 bits per heavy atom. The van der Waals surface area contributed by atoms with Crippen molar-refractivity contribution in [2.75, 3.05) is 5.32 Å². The Morgan fingerprint density at radius 3 is 2.41 bits per heavy atom. The molecule has 7 heteroatoms. The fourth-order valence-electron chi connectivity index (χ4n) is 5.20. The number of nitrogens with one attached hydrogen (secondary N) is 1. The predicted molar refractivity (Wildman–Crippen MR) is 127 cm³/mol. The molecule has 4 rings (SSSR count). The average molecular weight is 473 g/mol. The highest BCUT2D eigenvalue weighted by molar-refractivity contribution is 6.44. The summed E-state index contributed by atoms with van der Waals surface area (Å²) in [6.07, 6.45) is 1.91. The summed E-state index contributed by atoms with van der Waals surface area (Å²) in [5, 5.41) is 7.96. The molecule has 0 spiro atoms. The molecule has 2 fully saturated rings. The molecule has 168 valence electrons. The number of benzene rings is 2. The average Bonchev–Trinajstić information content (AvgIpc) is 3.06. The number of rotatable bonds is 4. The molecule has 2 aliphatic carbocycles. The Bertz CT molecular complexity index is 1130. The Kier molecular flexibility index (Phi) is 5.62. The summed E-state index contributed by atoms with van der Waals surface area (Å²) in [5.74, 6) is -0.628. The maximum absolute atomic E-state index is 13.6. The van der Waals surface area contributed by atoms with Crippen LogP contribution in [0.1, 0.15) is 56.0 Å². The summed E-state index contributed by atoms with van der Waals surface area (Å²) in [5.41, 5.74) is 1.27. The van der Waals surface area contributed by atoms with Gasteiger partial charge in [-0.05, 0) is 49.4 Å². The van der Waals surface area contributed by atoms with Crippen LogP contribution in [-0.4, -0.2) is 17.6 Å². The largest absolute Gasteiger partial charge is 0.365 e. The number of anilines is 1. The van der Waals surface area contributed by atoms with Crippen LogP contribution in [0.4, 0.5) is 5.69 Å². The van der Waals surface area contributed by atoms with E-state index in [1.165, 1.54) is 0 Å². The summed E-state index contributed by atoms with van der Waals surface area (Å²) in [6.45, 7) is 8.22. The van der Waals surface area contributed by atoms with Crippen LogP contribution in [0.3, 0.4) is 0 Å². The summed E-state index contributed by atoms with van der Waals surface area (Å²) < 4.78 is 0. The molecule has 0 aliphatic heterocycles. The number of nitrogens with zero attached hydrogens (tertiary/aromatic N) is 1. The first-order valence-electron chi connectivity index (χ1n) is 10.6. The molecule has 2 aliphatic rings. The minimum absolute atomic E-state index is 0.120. The van der Waals surface area contributed by atoms with Crippen molar-refractivity contribution in [2.24, 2.45) is 21.4 Å². The van der Waals surface area contributed by atoms with Crippen LogP contribution in [0.5, 0.6) is 0 Å². The van der Waals surface area contributed by atoms with Crippen molar-refractivity contribution in [2.45, 2.75) is 47.0 Å². The molecule has 0 saturated heterocycles. The Labute approximate surface area is 198 Å². The lowest BCUT2D eigenvalue weighted by atomic mass is 9.64. The molecule has 1 N–H and O–H groups in total. The third-order valence-electron chi connectivity index (χ3n) is 7.89. The first-order valence-corrected chi connectivity index (χ1v) is 11.4. The quantitative estimate of drug-likeness (QED) is 0.398. The highest BCUT2D eigenvalue weighted by Crippen LogP contribution is 2.71. The second-order valence-corrected chi connectivity index (χ2v) is 10.3. The van der Waals surface area contributed by atoms with Crippen molar-refractivity contribution in [1.82, 2.24) is 0 Å². The molecule has 32 heavy (non-hydrogen) atoms. The van der Waals surface area contributed by atoms with E-state index in [1.807, 2.05) is 19.1 Å². The van der Waals surface area contributed by atoms with Gasteiger partial charge in [0.1, 0.15) is 0 Å². The number of aryl methyl sites for hydroxylation is 1. The number of halogens is 2. The van der Waals surface area contributed by atoms with Crippen LogP contribution >= 0.6 is 23.2 Å². The predicted octanol–water partition coefficient (Wildman–Crippen LogP) is 6.67. The molecular formula is C25H26Cl2N2O3. The van der Waals surface area contributed by atoms with Gasteiger partial charge in [-0.15, -0.1) is 0 Å². The molecule has 2 atom stereocenters. The highest BCUT2D eigenvalue weighted by Gasteiger charge is 2.71. The first kappa shape index (κ1) is 22.8. The lowest BCUT2D eigenvalue weighted by Gasteiger charge is -2.39. The zero-order valence-electron chi connectivity index (χ0n) is 18.6. The van der Waals surface area contributed by atoms with Crippen molar-refractivity contribution >= 4 is 46.5 Å². The molecule has 1 amide bonds. The maximum atomic E-state index is 13.6. The standard InChI is InChI=1S/C25H26Cl2N2O3/c1-15-8-10-16(11-9-15)21(30)32-29-19-14-25(13-12-24(19,4)23(25,2)3)22(31)28-18-7-5-6-17(26)20(18)27/h5-11H,12-14H2,1-4H3,(H,28,31)/b29-19+. The van der Waals surface area contributed by atoms with Gasteiger partial charge in [-0.3, -0.25) is 4.79 Å². The van der Waals surface area contributed by atoms with Gasteiger partial charge in [-0.1, -0.05) is 72.9 Å². The van der Waals surface area contributed by atoms with Crippen LogP contribution in [0.2, 0.25) is 10.0 Å². The van der Waals surface area contributed by atoms with E-state index in [0.29, 0.717) is 34.1 Å². The van der Waals surface area contributed by atoms with Crippen molar-refractivity contribution < 1.29 is 14.4 Å². The van der Waals surface area contributed by atoms with Gasteiger partial charge in [0, 0.05) is 11.8 Å². The SMILES string of the molecule is Cc1ccc(C(=O)O/N=C2\CC3(C(=O)Nc4cccc(Cl)c4Cl)CCC2(C)C3(C)C)cc1. The van der Waals surface area contributed by atoms with E-state index in [4.69, 9.17) is 28.0 Å². The van der Waals surface area contributed by atoms with Crippen molar-refractivity contribution in [3.63, 3.8) is 0 Å². The molecular weight excluding hydrogens is 447 g/mol. The Balaban J connectivity index is 1.60. The van der Waals surface area contributed by atoms with Gasteiger partial charge >= 0.3 is 5.97 Å². The second-order valence-electron chi connectivity index (χ2n) is 9.55. The number of hydrogen-bond donors (Lipinski definition) is 1. The molecule has 0 radical (unpaired) electrons. The van der Waals surface area contributed by atoms with Crippen molar-refractivity contribution in [3.8, 4) is 0 Å². The second kappa shape index (κ2) is 7.89. The summed E-state index contributed by atoms with van der Waals surface area (Å²) in [4.78, 5) is 31.4. The van der Waals surface area contributed by atoms with E-state index in [9.17, 15) is 9.59 Å². The van der Waals surface area contributed by atoms with Crippen LogP contribution in [-0.2, 0) is 9.63 Å². The molecule has 2 saturated carbocycles. The monoisotopic (exact) mass is 472 g/mol. The van der Waals surface area contributed by atoms with E-state index in [2.05, 4.69) is 31.2 Å². The number of amides is 1. The van der Waals surface area contributed by atoms with E-state index in [-0.39, 0.29) is 11.3 Å². The zero-order valence-corrected chi connectivity index (χ0v) is 20.1. The minimum atomic E-state index is -0.692. The lowest BCUT2D eigenvalue weighted by molar-refractivity contribution is -0.130. The van der Waals surface area contributed by atoms with Gasteiger partial charge in [-0.2, -0.15) is 0 Å². The maximum Gasteiger partial charge on any atom is 0.365 e. The number of oxime groups is 1. The number of fused-ring (bicyclic) bond motifs is 2. The van der Waals surface area contributed by atoms with Crippen LogP contribution in [0, 0.1) is 23.2 Å². The van der Waals surface area contributed by atoms with E-state index < -0.39 is 16.8 Å². The topological polar surface area (TPSA) is 67.8 Å². The van der Waals surface area contributed by atoms with Crippen molar-refractivity contribution in [3.05, 3.63) is 63.6 Å². The Morgan fingerprint density at radius 2 is 1.72 bits per heavy atom. The molecule has 2 unspecified atom stereocenters. The molecule has 2 bridgehead atoms. The third-order valence-corrected chi connectivity index (χ3v) is 8.71. The van der Waals surface area contributed by atoms with Crippen LogP contribution in [0.25, 0.3) is 0 Å². The first-order chi connectivity index (χ1) is 15.0. The minimum Gasteiger partial charge on any atom is -0.324 e. The molecule has 5 nitrogen and oxygen atoms in total. The zero-order chi connectivity index (χ0) is 23.3. The molecule has 0 heterocycles. The van der Waals surface area contributed by atoms with Gasteiger partial charge in [0.25, 0.3) is 0 Å². The Hall–Kier alpha value is -2.37.